The average Bonchev–Trinajstić information content (AvgIpc) is 2.77. The van der Waals surface area contributed by atoms with Crippen LogP contribution in [0.3, 0.4) is 0 Å². The molecular formula is C12H18N2O2S2. The summed E-state index contributed by atoms with van der Waals surface area (Å²) in [5.74, 6) is 3.65. The minimum absolute atomic E-state index is 0.0129. The largest absolute Gasteiger partial charge is 0.339 e. The third-order valence-corrected chi connectivity index (χ3v) is 5.98. The lowest BCUT2D eigenvalue weighted by Crippen LogP contribution is -2.17. The first kappa shape index (κ1) is 13.9. The predicted octanol–water partition coefficient (Wildman–Crippen LogP) is 2.75. The van der Waals surface area contributed by atoms with Crippen molar-refractivity contribution in [1.29, 1.82) is 0 Å². The lowest BCUT2D eigenvalue weighted by Gasteiger charge is -2.24. The molecule has 1 aromatic rings. The standard InChI is InChI=1S/C12H18N2O2S2/c1-7(2)9(15)6-10-13-12(14-16-10)11-8(3)17-4-5-18-11/h7-8,11H,4-6H2,1-3H3. The number of carbonyl (C=O) groups excluding carboxylic acids is 1. The van der Waals surface area contributed by atoms with Gasteiger partial charge < -0.3 is 4.52 Å². The maximum absolute atomic E-state index is 11.6. The van der Waals surface area contributed by atoms with Gasteiger partial charge in [0.2, 0.25) is 5.89 Å². The molecule has 100 valence electrons. The summed E-state index contributed by atoms with van der Waals surface area (Å²) in [4.78, 5) is 16.0. The van der Waals surface area contributed by atoms with E-state index in [1.165, 1.54) is 5.75 Å². The van der Waals surface area contributed by atoms with Crippen molar-refractivity contribution in [3.05, 3.63) is 11.7 Å². The molecule has 0 N–H and O–H groups in total. The van der Waals surface area contributed by atoms with Crippen LogP contribution in [0.4, 0.5) is 0 Å². The van der Waals surface area contributed by atoms with Crippen LogP contribution in [0.25, 0.3) is 0 Å². The molecule has 2 atom stereocenters. The molecule has 0 bridgehead atoms. The van der Waals surface area contributed by atoms with E-state index in [1.54, 1.807) is 0 Å². The second kappa shape index (κ2) is 6.10. The second-order valence-corrected chi connectivity index (χ2v) is 7.45. The van der Waals surface area contributed by atoms with Gasteiger partial charge in [0.25, 0.3) is 0 Å². The highest BCUT2D eigenvalue weighted by Crippen LogP contribution is 2.41. The zero-order valence-electron chi connectivity index (χ0n) is 10.9. The van der Waals surface area contributed by atoms with Crippen LogP contribution in [-0.2, 0) is 11.2 Å². The molecule has 0 saturated carbocycles. The van der Waals surface area contributed by atoms with Crippen LogP contribution in [0.1, 0.15) is 37.7 Å². The normalized spacial score (nSPS) is 24.4. The molecule has 0 amide bonds. The first-order valence-electron chi connectivity index (χ1n) is 6.16. The Morgan fingerprint density at radius 2 is 2.17 bits per heavy atom. The number of Topliss-reactive ketones (excluding diaryl/α,β-unsaturated/α-hetero) is 1. The third-order valence-electron chi connectivity index (χ3n) is 2.90. The van der Waals surface area contributed by atoms with Crippen molar-refractivity contribution in [1.82, 2.24) is 10.1 Å². The summed E-state index contributed by atoms with van der Waals surface area (Å²) in [6, 6.07) is 0. The van der Waals surface area contributed by atoms with Gasteiger partial charge >= 0.3 is 0 Å². The fraction of sp³-hybridized carbons (Fsp3) is 0.750. The van der Waals surface area contributed by atoms with E-state index >= 15 is 0 Å². The van der Waals surface area contributed by atoms with Crippen molar-refractivity contribution in [2.75, 3.05) is 11.5 Å². The maximum Gasteiger partial charge on any atom is 0.234 e. The van der Waals surface area contributed by atoms with Crippen LogP contribution < -0.4 is 0 Å². The number of aromatic nitrogens is 2. The van der Waals surface area contributed by atoms with Gasteiger partial charge in [0.1, 0.15) is 5.78 Å². The Balaban J connectivity index is 2.03. The van der Waals surface area contributed by atoms with Crippen LogP contribution in [0.5, 0.6) is 0 Å². The quantitative estimate of drug-likeness (QED) is 0.848. The van der Waals surface area contributed by atoms with Crippen LogP contribution in [0.2, 0.25) is 0 Å². The molecule has 1 fully saturated rings. The average molecular weight is 286 g/mol. The predicted molar refractivity (Wildman–Crippen MR) is 75.0 cm³/mol. The van der Waals surface area contributed by atoms with Crippen LogP contribution >= 0.6 is 23.5 Å². The van der Waals surface area contributed by atoms with Crippen LogP contribution in [0.15, 0.2) is 4.52 Å². The van der Waals surface area contributed by atoms with Crippen molar-refractivity contribution in [3.63, 3.8) is 0 Å². The van der Waals surface area contributed by atoms with Gasteiger partial charge in [-0.05, 0) is 0 Å². The summed E-state index contributed by atoms with van der Waals surface area (Å²) in [7, 11) is 0. The van der Waals surface area contributed by atoms with Gasteiger partial charge in [0.15, 0.2) is 5.82 Å². The van der Waals surface area contributed by atoms with Gasteiger partial charge in [-0.1, -0.05) is 25.9 Å². The molecular weight excluding hydrogens is 268 g/mol. The number of nitrogens with zero attached hydrogens (tertiary/aromatic N) is 2. The molecule has 2 heterocycles. The Labute approximate surface area is 116 Å². The van der Waals surface area contributed by atoms with Crippen molar-refractivity contribution in [2.45, 2.75) is 37.7 Å². The van der Waals surface area contributed by atoms with Crippen molar-refractivity contribution < 1.29 is 9.32 Å². The van der Waals surface area contributed by atoms with Crippen molar-refractivity contribution in [3.8, 4) is 0 Å². The van der Waals surface area contributed by atoms with E-state index in [2.05, 4.69) is 17.1 Å². The highest BCUT2D eigenvalue weighted by Gasteiger charge is 2.28. The molecule has 1 aromatic heterocycles. The first-order valence-corrected chi connectivity index (χ1v) is 8.26. The van der Waals surface area contributed by atoms with Gasteiger partial charge in [-0.25, -0.2) is 0 Å². The van der Waals surface area contributed by atoms with Gasteiger partial charge in [0, 0.05) is 22.7 Å². The molecule has 1 saturated heterocycles. The first-order chi connectivity index (χ1) is 8.58. The summed E-state index contributed by atoms with van der Waals surface area (Å²) in [5, 5.41) is 4.81. The number of rotatable bonds is 4. The number of carbonyl (C=O) groups is 1. The zero-order valence-corrected chi connectivity index (χ0v) is 12.5. The number of hydrogen-bond acceptors (Lipinski definition) is 6. The minimum atomic E-state index is 0.0129. The Kier molecular flexibility index (Phi) is 4.72. The molecule has 6 heteroatoms. The lowest BCUT2D eigenvalue weighted by molar-refractivity contribution is -0.121. The van der Waals surface area contributed by atoms with E-state index in [1.807, 2.05) is 37.4 Å². The molecule has 0 aromatic carbocycles. The maximum atomic E-state index is 11.6. The molecule has 1 aliphatic heterocycles. The van der Waals surface area contributed by atoms with Gasteiger partial charge in [-0.3, -0.25) is 4.79 Å². The highest BCUT2D eigenvalue weighted by atomic mass is 32.2. The molecule has 2 rings (SSSR count). The lowest BCUT2D eigenvalue weighted by atomic mass is 10.1. The van der Waals surface area contributed by atoms with Crippen LogP contribution in [-0.4, -0.2) is 32.7 Å². The summed E-state index contributed by atoms with van der Waals surface area (Å²) in [6.07, 6.45) is 0.254. The van der Waals surface area contributed by atoms with E-state index in [-0.39, 0.29) is 23.4 Å². The molecule has 1 aliphatic rings. The number of hydrogen-bond donors (Lipinski definition) is 0. The summed E-state index contributed by atoms with van der Waals surface area (Å²) < 4.78 is 5.18. The summed E-state index contributed by atoms with van der Waals surface area (Å²) >= 11 is 3.81. The van der Waals surface area contributed by atoms with Gasteiger partial charge in [-0.2, -0.15) is 16.7 Å². The van der Waals surface area contributed by atoms with E-state index in [0.717, 1.165) is 11.6 Å². The molecule has 2 unspecified atom stereocenters. The van der Waals surface area contributed by atoms with Gasteiger partial charge in [-0.15, -0.1) is 11.8 Å². The summed E-state index contributed by atoms with van der Waals surface area (Å²) in [5.41, 5.74) is 0. The third kappa shape index (κ3) is 3.29. The fourth-order valence-corrected chi connectivity index (χ4v) is 4.40. The molecule has 4 nitrogen and oxygen atoms in total. The topological polar surface area (TPSA) is 56.0 Å². The summed E-state index contributed by atoms with van der Waals surface area (Å²) in [6.45, 7) is 5.96. The number of ketones is 1. The van der Waals surface area contributed by atoms with E-state index < -0.39 is 0 Å². The van der Waals surface area contributed by atoms with Crippen molar-refractivity contribution in [2.24, 2.45) is 5.92 Å². The minimum Gasteiger partial charge on any atom is -0.339 e. The molecule has 0 spiro atoms. The Morgan fingerprint density at radius 3 is 2.83 bits per heavy atom. The SMILES string of the molecule is CC(C)C(=O)Cc1nc(C2SCCSC2C)no1. The smallest absolute Gasteiger partial charge is 0.234 e. The second-order valence-electron chi connectivity index (χ2n) is 4.71. The number of thioether (sulfide) groups is 2. The Bertz CT molecular complexity index is 420. The molecule has 0 radical (unpaired) electrons. The Morgan fingerprint density at radius 1 is 1.44 bits per heavy atom. The molecule has 0 aliphatic carbocycles. The fourth-order valence-electron chi connectivity index (χ4n) is 1.73. The zero-order chi connectivity index (χ0) is 13.1. The highest BCUT2D eigenvalue weighted by molar-refractivity contribution is 8.06. The van der Waals surface area contributed by atoms with Gasteiger partial charge in [0.05, 0.1) is 11.7 Å². The Hall–Kier alpha value is -0.490. The van der Waals surface area contributed by atoms with E-state index in [0.29, 0.717) is 11.1 Å². The monoisotopic (exact) mass is 286 g/mol. The van der Waals surface area contributed by atoms with Crippen LogP contribution in [0, 0.1) is 5.92 Å². The van der Waals surface area contributed by atoms with E-state index in [4.69, 9.17) is 4.52 Å². The molecule has 18 heavy (non-hydrogen) atoms. The van der Waals surface area contributed by atoms with E-state index in [9.17, 15) is 4.79 Å². The van der Waals surface area contributed by atoms with Crippen molar-refractivity contribution >= 4 is 29.3 Å².